The quantitative estimate of drug-likeness (QED) is 0.655. The van der Waals surface area contributed by atoms with E-state index in [1.165, 1.54) is 24.5 Å². The van der Waals surface area contributed by atoms with E-state index in [0.29, 0.717) is 23.1 Å². The van der Waals surface area contributed by atoms with Crippen molar-refractivity contribution in [1.29, 1.82) is 0 Å². The number of methoxy groups -OCH3 is 1. The van der Waals surface area contributed by atoms with Gasteiger partial charge in [0.2, 0.25) is 5.91 Å². The van der Waals surface area contributed by atoms with Crippen molar-refractivity contribution in [2.45, 2.75) is 12.8 Å². The Morgan fingerprint density at radius 2 is 2.33 bits per heavy atom. The summed E-state index contributed by atoms with van der Waals surface area (Å²) in [6.07, 6.45) is 5.27. The maximum atomic E-state index is 11.6. The lowest BCUT2D eigenvalue weighted by atomic mass is 10.2. The van der Waals surface area contributed by atoms with Gasteiger partial charge in [-0.15, -0.1) is 11.3 Å². The second kappa shape index (κ2) is 7.39. The predicted molar refractivity (Wildman–Crippen MR) is 78.8 cm³/mol. The molecule has 0 saturated carbocycles. The van der Waals surface area contributed by atoms with Gasteiger partial charge in [0.25, 0.3) is 0 Å². The number of nitrogens with zero attached hydrogens (tertiary/aromatic N) is 1. The topological polar surface area (TPSA) is 81.4 Å². The summed E-state index contributed by atoms with van der Waals surface area (Å²) >= 11 is 1.34. The summed E-state index contributed by atoms with van der Waals surface area (Å²) in [6.45, 7) is 0. The number of aromatic nitrogens is 1. The lowest BCUT2D eigenvalue weighted by Gasteiger charge is -1.96. The molecule has 0 unspecified atom stereocenters. The molecule has 1 amide bonds. The fourth-order valence-electron chi connectivity index (χ4n) is 1.54. The number of ether oxygens (including phenoxy) is 1. The Kier molecular flexibility index (Phi) is 5.28. The number of amides is 1. The molecule has 2 rings (SSSR count). The molecule has 0 spiro atoms. The van der Waals surface area contributed by atoms with Gasteiger partial charge in [0.05, 0.1) is 13.5 Å². The molecule has 0 atom stereocenters. The number of esters is 1. The van der Waals surface area contributed by atoms with Crippen LogP contribution < -0.4 is 5.32 Å². The van der Waals surface area contributed by atoms with Crippen LogP contribution in [0.1, 0.15) is 17.9 Å². The SMILES string of the molecule is COC(=O)CCc1ccc(C=CC(=O)Nc2nccs2)o1. The van der Waals surface area contributed by atoms with Crippen LogP contribution in [-0.2, 0) is 20.7 Å². The molecular weight excluding hydrogens is 292 g/mol. The van der Waals surface area contributed by atoms with Gasteiger partial charge in [0.15, 0.2) is 5.13 Å². The maximum absolute atomic E-state index is 11.6. The molecule has 1 N–H and O–H groups in total. The third-order valence-corrected chi connectivity index (χ3v) is 3.24. The highest BCUT2D eigenvalue weighted by Gasteiger charge is 2.05. The number of carbonyl (C=O) groups is 2. The molecule has 2 aromatic rings. The molecule has 0 saturated heterocycles. The van der Waals surface area contributed by atoms with Gasteiger partial charge >= 0.3 is 5.97 Å². The highest BCUT2D eigenvalue weighted by Crippen LogP contribution is 2.13. The van der Waals surface area contributed by atoms with Crippen molar-refractivity contribution in [2.75, 3.05) is 12.4 Å². The fourth-order valence-corrected chi connectivity index (χ4v) is 2.07. The number of rotatable bonds is 6. The summed E-state index contributed by atoms with van der Waals surface area (Å²) in [4.78, 5) is 26.6. The van der Waals surface area contributed by atoms with Gasteiger partial charge in [-0.3, -0.25) is 14.9 Å². The molecule has 6 nitrogen and oxygen atoms in total. The third-order valence-electron chi connectivity index (χ3n) is 2.55. The molecule has 0 aliphatic rings. The van der Waals surface area contributed by atoms with Crippen molar-refractivity contribution < 1.29 is 18.7 Å². The van der Waals surface area contributed by atoms with Crippen LogP contribution in [0, 0.1) is 0 Å². The zero-order chi connectivity index (χ0) is 15.1. The van der Waals surface area contributed by atoms with E-state index in [0.717, 1.165) is 0 Å². The molecule has 7 heteroatoms. The monoisotopic (exact) mass is 306 g/mol. The average molecular weight is 306 g/mol. The minimum absolute atomic E-state index is 0.262. The van der Waals surface area contributed by atoms with E-state index in [2.05, 4.69) is 15.0 Å². The molecule has 21 heavy (non-hydrogen) atoms. The summed E-state index contributed by atoms with van der Waals surface area (Å²) in [7, 11) is 1.35. The van der Waals surface area contributed by atoms with Gasteiger partial charge in [-0.25, -0.2) is 4.98 Å². The summed E-state index contributed by atoms with van der Waals surface area (Å²) in [5.41, 5.74) is 0. The van der Waals surface area contributed by atoms with E-state index in [-0.39, 0.29) is 18.3 Å². The van der Waals surface area contributed by atoms with Gasteiger partial charge in [-0.1, -0.05) is 0 Å². The maximum Gasteiger partial charge on any atom is 0.305 e. The average Bonchev–Trinajstić information content (AvgIpc) is 3.14. The van der Waals surface area contributed by atoms with Crippen molar-refractivity contribution in [3.63, 3.8) is 0 Å². The molecule has 0 bridgehead atoms. The van der Waals surface area contributed by atoms with Crippen LogP contribution in [0.2, 0.25) is 0 Å². The van der Waals surface area contributed by atoms with E-state index >= 15 is 0 Å². The van der Waals surface area contributed by atoms with Crippen LogP contribution in [0.25, 0.3) is 6.08 Å². The first-order valence-electron chi connectivity index (χ1n) is 6.21. The predicted octanol–water partition coefficient (Wildman–Crippen LogP) is 2.49. The highest BCUT2D eigenvalue weighted by atomic mass is 32.1. The van der Waals surface area contributed by atoms with E-state index in [4.69, 9.17) is 4.42 Å². The number of hydrogen-bond donors (Lipinski definition) is 1. The van der Waals surface area contributed by atoms with Crippen molar-refractivity contribution in [3.05, 3.63) is 41.3 Å². The zero-order valence-corrected chi connectivity index (χ0v) is 12.2. The second-order valence-electron chi connectivity index (χ2n) is 4.04. The number of aryl methyl sites for hydroxylation is 1. The molecule has 0 aliphatic heterocycles. The van der Waals surface area contributed by atoms with Crippen LogP contribution in [0.4, 0.5) is 5.13 Å². The van der Waals surface area contributed by atoms with Gasteiger partial charge in [0, 0.05) is 24.1 Å². The van der Waals surface area contributed by atoms with Crippen LogP contribution in [0.15, 0.2) is 34.2 Å². The van der Waals surface area contributed by atoms with E-state index in [1.807, 2.05) is 0 Å². The van der Waals surface area contributed by atoms with Crippen LogP contribution in [0.5, 0.6) is 0 Å². The fraction of sp³-hybridized carbons (Fsp3) is 0.214. The van der Waals surface area contributed by atoms with Crippen LogP contribution in [-0.4, -0.2) is 24.0 Å². The standard InChI is InChI=1S/C14H14N2O4S/c1-19-13(18)7-5-11-3-2-10(20-11)4-6-12(17)16-14-15-8-9-21-14/h2-4,6,8-9H,5,7H2,1H3,(H,15,16,17). The third kappa shape index (κ3) is 4.88. The number of hydrogen-bond acceptors (Lipinski definition) is 6. The Balaban J connectivity index is 1.85. The Bertz CT molecular complexity index is 631. The smallest absolute Gasteiger partial charge is 0.305 e. The molecule has 2 aromatic heterocycles. The lowest BCUT2D eigenvalue weighted by Crippen LogP contribution is -2.06. The number of anilines is 1. The van der Waals surface area contributed by atoms with Crippen molar-refractivity contribution in [3.8, 4) is 0 Å². The minimum Gasteiger partial charge on any atom is -0.469 e. The first kappa shape index (κ1) is 15.0. The summed E-state index contributed by atoms with van der Waals surface area (Å²) < 4.78 is 10.0. The zero-order valence-electron chi connectivity index (χ0n) is 11.4. The van der Waals surface area contributed by atoms with E-state index in [1.54, 1.807) is 29.8 Å². The second-order valence-corrected chi connectivity index (χ2v) is 4.93. The number of nitrogens with one attached hydrogen (secondary N) is 1. The summed E-state index contributed by atoms with van der Waals surface area (Å²) in [5, 5.41) is 4.95. The van der Waals surface area contributed by atoms with Gasteiger partial charge < -0.3 is 9.15 Å². The molecule has 0 aromatic carbocycles. The number of carbonyl (C=O) groups excluding carboxylic acids is 2. The minimum atomic E-state index is -0.286. The van der Waals surface area contributed by atoms with Crippen LogP contribution in [0.3, 0.4) is 0 Å². The van der Waals surface area contributed by atoms with Gasteiger partial charge in [-0.2, -0.15) is 0 Å². The molecule has 0 fully saturated rings. The highest BCUT2D eigenvalue weighted by molar-refractivity contribution is 7.13. The first-order chi connectivity index (χ1) is 10.2. The first-order valence-corrected chi connectivity index (χ1v) is 7.09. The molecular formula is C14H14N2O4S. The molecule has 2 heterocycles. The van der Waals surface area contributed by atoms with Crippen molar-refractivity contribution in [2.24, 2.45) is 0 Å². The summed E-state index contributed by atoms with van der Waals surface area (Å²) in [5.74, 6) is 0.647. The van der Waals surface area contributed by atoms with E-state index in [9.17, 15) is 9.59 Å². The normalized spacial score (nSPS) is 10.7. The largest absolute Gasteiger partial charge is 0.469 e. The molecule has 110 valence electrons. The number of thiazole rings is 1. The lowest BCUT2D eigenvalue weighted by molar-refractivity contribution is -0.140. The summed E-state index contributed by atoms with van der Waals surface area (Å²) in [6, 6.07) is 3.50. The Morgan fingerprint density at radius 1 is 1.48 bits per heavy atom. The van der Waals surface area contributed by atoms with Gasteiger partial charge in [0.1, 0.15) is 11.5 Å². The molecule has 0 aliphatic carbocycles. The van der Waals surface area contributed by atoms with Crippen molar-refractivity contribution >= 4 is 34.4 Å². The van der Waals surface area contributed by atoms with E-state index < -0.39 is 0 Å². The molecule has 0 radical (unpaired) electrons. The van der Waals surface area contributed by atoms with Crippen molar-refractivity contribution in [1.82, 2.24) is 4.98 Å². The van der Waals surface area contributed by atoms with Crippen LogP contribution >= 0.6 is 11.3 Å². The Labute approximate surface area is 125 Å². The number of furan rings is 1. The van der Waals surface area contributed by atoms with Gasteiger partial charge in [-0.05, 0) is 18.2 Å². The Morgan fingerprint density at radius 3 is 3.05 bits per heavy atom. The Hall–Kier alpha value is -2.41.